The summed E-state index contributed by atoms with van der Waals surface area (Å²) in [6, 6.07) is 0.549. The highest BCUT2D eigenvalue weighted by Gasteiger charge is 2.24. The van der Waals surface area contributed by atoms with Crippen molar-refractivity contribution in [3.05, 3.63) is 0 Å². The summed E-state index contributed by atoms with van der Waals surface area (Å²) in [5.41, 5.74) is 6.10. The van der Waals surface area contributed by atoms with E-state index in [0.29, 0.717) is 6.04 Å². The molecule has 0 aromatic rings. The number of guanidine groups is 1. The molecule has 1 atom stereocenters. The number of hydrogen-bond donors (Lipinski definition) is 1. The van der Waals surface area contributed by atoms with Crippen LogP contribution in [-0.2, 0) is 4.74 Å². The first-order chi connectivity index (χ1) is 9.31. The van der Waals surface area contributed by atoms with E-state index in [2.05, 4.69) is 14.8 Å². The third kappa shape index (κ3) is 5.57. The van der Waals surface area contributed by atoms with Crippen LogP contribution >= 0.6 is 35.7 Å². The Kier molecular flexibility index (Phi) is 9.23. The van der Waals surface area contributed by atoms with Crippen molar-refractivity contribution in [1.82, 2.24) is 9.80 Å². The van der Waals surface area contributed by atoms with Crippen molar-refractivity contribution in [2.24, 2.45) is 10.7 Å². The Morgan fingerprint density at radius 2 is 2.10 bits per heavy atom. The van der Waals surface area contributed by atoms with Gasteiger partial charge in [-0.3, -0.25) is 9.89 Å². The van der Waals surface area contributed by atoms with E-state index < -0.39 is 0 Å². The Labute approximate surface area is 143 Å². The summed E-state index contributed by atoms with van der Waals surface area (Å²) < 4.78 is 5.16. The van der Waals surface area contributed by atoms with E-state index in [-0.39, 0.29) is 24.0 Å². The summed E-state index contributed by atoms with van der Waals surface area (Å²) in [6.07, 6.45) is 2.50. The fourth-order valence-electron chi connectivity index (χ4n) is 2.70. The Morgan fingerprint density at radius 1 is 1.35 bits per heavy atom. The average molecular weight is 414 g/mol. The summed E-state index contributed by atoms with van der Waals surface area (Å²) in [5.74, 6) is 3.07. The van der Waals surface area contributed by atoms with Crippen molar-refractivity contribution in [3.8, 4) is 0 Å². The van der Waals surface area contributed by atoms with Crippen molar-refractivity contribution in [2.75, 3.05) is 57.9 Å². The number of thioether (sulfide) groups is 1. The van der Waals surface area contributed by atoms with Gasteiger partial charge in [-0.25, -0.2) is 0 Å². The van der Waals surface area contributed by atoms with Crippen LogP contribution in [0.15, 0.2) is 4.99 Å². The largest absolute Gasteiger partial charge is 0.383 e. The molecule has 0 radical (unpaired) electrons. The predicted octanol–water partition coefficient (Wildman–Crippen LogP) is 1.08. The molecule has 0 aliphatic carbocycles. The van der Waals surface area contributed by atoms with Crippen molar-refractivity contribution in [1.29, 1.82) is 0 Å². The number of ether oxygens (including phenoxy) is 1. The smallest absolute Gasteiger partial charge is 0.191 e. The van der Waals surface area contributed by atoms with Crippen LogP contribution in [0.1, 0.15) is 12.8 Å². The molecule has 2 N–H and O–H groups in total. The average Bonchev–Trinajstić information content (AvgIpc) is 2.91. The molecule has 2 rings (SSSR count). The van der Waals surface area contributed by atoms with Crippen LogP contribution in [0.4, 0.5) is 0 Å². The van der Waals surface area contributed by atoms with Gasteiger partial charge >= 0.3 is 0 Å². The fraction of sp³-hybridized carbons (Fsp3) is 0.923. The quantitative estimate of drug-likeness (QED) is 0.415. The number of hydrogen-bond acceptors (Lipinski definition) is 4. The van der Waals surface area contributed by atoms with Gasteiger partial charge in [-0.15, -0.1) is 24.0 Å². The highest BCUT2D eigenvalue weighted by Crippen LogP contribution is 2.17. The SMILES string of the molecule is COCCN1CCCC1CN=C(N)N1CCSCC1.I. The molecule has 2 saturated heterocycles. The van der Waals surface area contributed by atoms with Crippen LogP contribution in [0.25, 0.3) is 0 Å². The molecule has 2 fully saturated rings. The first kappa shape index (κ1) is 18.3. The maximum Gasteiger partial charge on any atom is 0.191 e. The van der Waals surface area contributed by atoms with Gasteiger partial charge in [0, 0.05) is 44.3 Å². The number of rotatable bonds is 5. The standard InChI is InChI=1S/C13H26N4OS.HI/c1-18-8-5-16-4-2-3-12(16)11-15-13(14)17-6-9-19-10-7-17;/h12H,2-11H2,1H3,(H2,14,15);1H. The molecular weight excluding hydrogens is 387 g/mol. The van der Waals surface area contributed by atoms with Crippen LogP contribution in [-0.4, -0.2) is 79.7 Å². The molecule has 2 aliphatic heterocycles. The summed E-state index contributed by atoms with van der Waals surface area (Å²) in [6.45, 7) is 5.90. The Bertz CT molecular complexity index is 300. The van der Waals surface area contributed by atoms with Crippen molar-refractivity contribution < 1.29 is 4.74 Å². The molecule has 2 heterocycles. The molecular formula is C13H27IN4OS. The van der Waals surface area contributed by atoms with Crippen LogP contribution in [0.2, 0.25) is 0 Å². The summed E-state index contributed by atoms with van der Waals surface area (Å²) in [7, 11) is 1.76. The van der Waals surface area contributed by atoms with Gasteiger partial charge in [0.05, 0.1) is 13.2 Å². The number of likely N-dealkylation sites (tertiary alicyclic amines) is 1. The van der Waals surface area contributed by atoms with Crippen LogP contribution in [0.5, 0.6) is 0 Å². The van der Waals surface area contributed by atoms with E-state index >= 15 is 0 Å². The molecule has 0 aromatic carbocycles. The monoisotopic (exact) mass is 414 g/mol. The van der Waals surface area contributed by atoms with Crippen LogP contribution in [0, 0.1) is 0 Å². The minimum Gasteiger partial charge on any atom is -0.383 e. The van der Waals surface area contributed by atoms with Gasteiger partial charge in [0.2, 0.25) is 0 Å². The minimum absolute atomic E-state index is 0. The molecule has 0 amide bonds. The van der Waals surface area contributed by atoms with Crippen molar-refractivity contribution in [3.63, 3.8) is 0 Å². The van der Waals surface area contributed by atoms with E-state index in [1.165, 1.54) is 30.9 Å². The van der Waals surface area contributed by atoms with Crippen LogP contribution in [0.3, 0.4) is 0 Å². The predicted molar refractivity (Wildman–Crippen MR) is 97.3 cm³/mol. The van der Waals surface area contributed by atoms with E-state index in [4.69, 9.17) is 10.5 Å². The molecule has 1 unspecified atom stereocenters. The number of aliphatic imine (C=N–C) groups is 1. The van der Waals surface area contributed by atoms with Gasteiger partial charge in [-0.2, -0.15) is 11.8 Å². The van der Waals surface area contributed by atoms with Gasteiger partial charge in [0.25, 0.3) is 0 Å². The topological polar surface area (TPSA) is 54.1 Å². The van der Waals surface area contributed by atoms with E-state index in [0.717, 1.165) is 38.7 Å². The van der Waals surface area contributed by atoms with E-state index in [1.807, 2.05) is 11.8 Å². The van der Waals surface area contributed by atoms with E-state index in [9.17, 15) is 0 Å². The fourth-order valence-corrected chi connectivity index (χ4v) is 3.60. The zero-order valence-corrected chi connectivity index (χ0v) is 15.4. The molecule has 0 bridgehead atoms. The lowest BCUT2D eigenvalue weighted by Crippen LogP contribution is -2.43. The second-order valence-electron chi connectivity index (χ2n) is 5.12. The number of nitrogens with zero attached hydrogens (tertiary/aromatic N) is 3. The third-order valence-electron chi connectivity index (χ3n) is 3.88. The zero-order chi connectivity index (χ0) is 13.5. The molecule has 0 aromatic heterocycles. The van der Waals surface area contributed by atoms with Gasteiger partial charge in [0.1, 0.15) is 0 Å². The Hall–Kier alpha value is 0.270. The summed E-state index contributed by atoms with van der Waals surface area (Å²) >= 11 is 1.99. The second-order valence-corrected chi connectivity index (χ2v) is 6.35. The highest BCUT2D eigenvalue weighted by molar-refractivity contribution is 14.0. The van der Waals surface area contributed by atoms with Crippen molar-refractivity contribution >= 4 is 41.7 Å². The zero-order valence-electron chi connectivity index (χ0n) is 12.3. The third-order valence-corrected chi connectivity index (χ3v) is 4.82. The maximum atomic E-state index is 6.10. The van der Waals surface area contributed by atoms with Gasteiger partial charge in [-0.05, 0) is 19.4 Å². The molecule has 118 valence electrons. The first-order valence-electron chi connectivity index (χ1n) is 7.17. The summed E-state index contributed by atoms with van der Waals surface area (Å²) in [5, 5.41) is 0. The number of methoxy groups -OCH3 is 1. The first-order valence-corrected chi connectivity index (χ1v) is 8.32. The highest BCUT2D eigenvalue weighted by atomic mass is 127. The van der Waals surface area contributed by atoms with Crippen molar-refractivity contribution in [2.45, 2.75) is 18.9 Å². The molecule has 7 heteroatoms. The Morgan fingerprint density at radius 3 is 2.80 bits per heavy atom. The van der Waals surface area contributed by atoms with Gasteiger partial charge < -0.3 is 15.4 Å². The molecule has 0 saturated carbocycles. The van der Waals surface area contributed by atoms with E-state index in [1.54, 1.807) is 7.11 Å². The lowest BCUT2D eigenvalue weighted by molar-refractivity contribution is 0.142. The second kappa shape index (κ2) is 10.1. The lowest BCUT2D eigenvalue weighted by Gasteiger charge is -2.28. The molecule has 0 spiro atoms. The molecule has 20 heavy (non-hydrogen) atoms. The Balaban J connectivity index is 0.00000200. The number of halogens is 1. The summed E-state index contributed by atoms with van der Waals surface area (Å²) in [4.78, 5) is 9.31. The maximum absolute atomic E-state index is 6.10. The van der Waals surface area contributed by atoms with Gasteiger partial charge in [-0.1, -0.05) is 0 Å². The minimum atomic E-state index is 0. The molecule has 2 aliphatic rings. The van der Waals surface area contributed by atoms with Crippen LogP contribution < -0.4 is 5.73 Å². The lowest BCUT2D eigenvalue weighted by atomic mass is 10.2. The van der Waals surface area contributed by atoms with Gasteiger partial charge in [0.15, 0.2) is 5.96 Å². The normalized spacial score (nSPS) is 24.8. The molecule has 5 nitrogen and oxygen atoms in total. The number of nitrogens with two attached hydrogens (primary N) is 1.